The van der Waals surface area contributed by atoms with Crippen molar-refractivity contribution in [3.63, 3.8) is 0 Å². The molecule has 0 aliphatic heterocycles. The predicted octanol–water partition coefficient (Wildman–Crippen LogP) is 0.953. The smallest absolute Gasteiger partial charge is 0.244 e. The SMILES string of the molecule is O=S(=O)(NS(=O)(=O)C(F)(F)C(F)(F)CF)C(F)(F)F. The molecule has 0 amide bonds. The Kier molecular flexibility index (Phi) is 4.52. The van der Waals surface area contributed by atoms with Gasteiger partial charge in [0.15, 0.2) is 6.67 Å². The second-order valence-corrected chi connectivity index (χ2v) is 6.55. The predicted molar refractivity (Wildman–Crippen MR) is 42.9 cm³/mol. The van der Waals surface area contributed by atoms with Gasteiger partial charge < -0.3 is 0 Å². The lowest BCUT2D eigenvalue weighted by Crippen LogP contribution is -2.55. The molecule has 19 heavy (non-hydrogen) atoms. The monoisotopic (exact) mass is 345 g/mol. The Bertz CT molecular complexity index is 534. The van der Waals surface area contributed by atoms with Gasteiger partial charge in [-0.1, -0.05) is 4.13 Å². The minimum atomic E-state index is -7.05. The highest BCUT2D eigenvalue weighted by Gasteiger charge is 2.68. The van der Waals surface area contributed by atoms with E-state index in [1.165, 1.54) is 0 Å². The van der Waals surface area contributed by atoms with E-state index in [2.05, 4.69) is 0 Å². The number of sulfonamides is 2. The normalized spacial score (nSPS) is 15.6. The van der Waals surface area contributed by atoms with Gasteiger partial charge in [-0.05, 0) is 0 Å². The van der Waals surface area contributed by atoms with Crippen LogP contribution in [0, 0.1) is 0 Å². The summed E-state index contributed by atoms with van der Waals surface area (Å²) in [5.74, 6) is -5.92. The molecule has 0 unspecified atom stereocenters. The molecule has 0 aromatic carbocycles. The van der Waals surface area contributed by atoms with Crippen molar-refractivity contribution in [3.05, 3.63) is 0 Å². The van der Waals surface area contributed by atoms with Crippen LogP contribution < -0.4 is 4.13 Å². The number of halogens is 8. The van der Waals surface area contributed by atoms with Gasteiger partial charge in [-0.3, -0.25) is 0 Å². The van der Waals surface area contributed by atoms with E-state index in [9.17, 15) is 52.0 Å². The van der Waals surface area contributed by atoms with Gasteiger partial charge in [0, 0.05) is 0 Å². The molecular formula is C4H3F8NO4S2. The number of nitrogens with one attached hydrogen (secondary N) is 1. The van der Waals surface area contributed by atoms with Crippen LogP contribution in [0.1, 0.15) is 0 Å². The average molecular weight is 345 g/mol. The van der Waals surface area contributed by atoms with E-state index >= 15 is 0 Å². The van der Waals surface area contributed by atoms with Crippen molar-refractivity contribution < 1.29 is 52.0 Å². The van der Waals surface area contributed by atoms with Gasteiger partial charge in [-0.25, -0.2) is 21.2 Å². The first-order valence-corrected chi connectivity index (χ1v) is 6.64. The molecule has 0 aliphatic carbocycles. The Morgan fingerprint density at radius 1 is 0.789 bits per heavy atom. The Balaban J connectivity index is 5.71. The van der Waals surface area contributed by atoms with E-state index in [-0.39, 0.29) is 0 Å². The van der Waals surface area contributed by atoms with Gasteiger partial charge in [0.1, 0.15) is 0 Å². The van der Waals surface area contributed by atoms with Crippen LogP contribution in [0.4, 0.5) is 35.1 Å². The summed E-state index contributed by atoms with van der Waals surface area (Å²) in [5.41, 5.74) is -6.35. The molecule has 1 N–H and O–H groups in total. The molecule has 0 aliphatic rings. The molecule has 0 spiro atoms. The molecule has 5 nitrogen and oxygen atoms in total. The molecular weight excluding hydrogens is 342 g/mol. The summed E-state index contributed by atoms with van der Waals surface area (Å²) in [6.45, 7) is -3.24. The van der Waals surface area contributed by atoms with Gasteiger partial charge in [-0.2, -0.15) is 30.7 Å². The van der Waals surface area contributed by atoms with E-state index in [0.717, 1.165) is 0 Å². The van der Waals surface area contributed by atoms with Crippen LogP contribution in [-0.2, 0) is 20.0 Å². The van der Waals surface area contributed by atoms with Crippen LogP contribution in [0.15, 0.2) is 0 Å². The van der Waals surface area contributed by atoms with Crippen LogP contribution in [0.2, 0.25) is 0 Å². The summed E-state index contributed by atoms with van der Waals surface area (Å²) in [5, 5.41) is -6.41. The highest BCUT2D eigenvalue weighted by molar-refractivity contribution is 8.05. The largest absolute Gasteiger partial charge is 0.512 e. The summed E-state index contributed by atoms with van der Waals surface area (Å²) >= 11 is 0. The first kappa shape index (κ1) is 18.3. The summed E-state index contributed by atoms with van der Waals surface area (Å²) < 4.78 is 137. The fraction of sp³-hybridized carbons (Fsp3) is 1.00. The molecule has 0 saturated carbocycles. The number of rotatable bonds is 5. The van der Waals surface area contributed by atoms with E-state index < -0.39 is 47.5 Å². The lowest BCUT2D eigenvalue weighted by atomic mass is 10.4. The third-order valence-electron chi connectivity index (χ3n) is 1.46. The summed E-state index contributed by atoms with van der Waals surface area (Å²) in [7, 11) is -13.9. The maximum Gasteiger partial charge on any atom is 0.512 e. The Labute approximate surface area is 100 Å². The molecule has 0 bridgehead atoms. The Morgan fingerprint density at radius 2 is 1.16 bits per heavy atom. The molecule has 15 heteroatoms. The highest BCUT2D eigenvalue weighted by Crippen LogP contribution is 2.39. The number of hydrogen-bond donors (Lipinski definition) is 1. The lowest BCUT2D eigenvalue weighted by Gasteiger charge is -2.23. The van der Waals surface area contributed by atoms with Crippen LogP contribution in [0.25, 0.3) is 0 Å². The average Bonchev–Trinajstić information content (AvgIpc) is 2.13. The fourth-order valence-corrected chi connectivity index (χ4v) is 2.92. The quantitative estimate of drug-likeness (QED) is 0.753. The molecule has 0 aromatic rings. The second-order valence-electron chi connectivity index (χ2n) is 2.89. The van der Waals surface area contributed by atoms with E-state index in [1.54, 1.807) is 0 Å². The zero-order valence-electron chi connectivity index (χ0n) is 8.18. The molecule has 0 heterocycles. The lowest BCUT2D eigenvalue weighted by molar-refractivity contribution is -0.166. The van der Waals surface area contributed by atoms with Crippen LogP contribution in [-0.4, -0.2) is 40.2 Å². The van der Waals surface area contributed by atoms with Crippen LogP contribution >= 0.6 is 0 Å². The Hall–Kier alpha value is -0.700. The minimum absolute atomic E-state index is 0.624. The van der Waals surface area contributed by atoms with Gasteiger partial charge in [-0.15, -0.1) is 0 Å². The van der Waals surface area contributed by atoms with Gasteiger partial charge >= 0.3 is 26.7 Å². The standard InChI is InChI=1S/C4H3F8NO4S2/c5-1-2(6,7)3(8,9)18(14,15)13-19(16,17)4(10,11)12/h13H,1H2. The maximum absolute atomic E-state index is 12.6. The fourth-order valence-electron chi connectivity index (χ4n) is 0.518. The molecule has 0 atom stereocenters. The summed E-state index contributed by atoms with van der Waals surface area (Å²) in [6, 6.07) is 0. The maximum atomic E-state index is 12.6. The van der Waals surface area contributed by atoms with Crippen molar-refractivity contribution in [1.82, 2.24) is 4.13 Å². The van der Waals surface area contributed by atoms with Gasteiger partial charge in [0.2, 0.25) is 0 Å². The van der Waals surface area contributed by atoms with E-state index in [1.807, 2.05) is 0 Å². The summed E-state index contributed by atoms with van der Waals surface area (Å²) in [6.07, 6.45) is 0. The minimum Gasteiger partial charge on any atom is -0.244 e. The zero-order chi connectivity index (χ0) is 15.9. The van der Waals surface area contributed by atoms with Crippen molar-refractivity contribution >= 4 is 20.0 Å². The van der Waals surface area contributed by atoms with Crippen LogP contribution in [0.3, 0.4) is 0 Å². The summed E-state index contributed by atoms with van der Waals surface area (Å²) in [4.78, 5) is 0. The number of hydrogen-bond acceptors (Lipinski definition) is 4. The van der Waals surface area contributed by atoms with Gasteiger partial charge in [0.05, 0.1) is 0 Å². The molecule has 0 saturated heterocycles. The van der Waals surface area contributed by atoms with Crippen LogP contribution in [0.5, 0.6) is 0 Å². The van der Waals surface area contributed by atoms with Crippen molar-refractivity contribution in [1.29, 1.82) is 0 Å². The highest BCUT2D eigenvalue weighted by atomic mass is 32.3. The van der Waals surface area contributed by atoms with E-state index in [0.29, 0.717) is 0 Å². The topological polar surface area (TPSA) is 80.3 Å². The van der Waals surface area contributed by atoms with Gasteiger partial charge in [0.25, 0.3) is 10.0 Å². The molecule has 0 aromatic heterocycles. The van der Waals surface area contributed by atoms with Crippen molar-refractivity contribution in [2.75, 3.05) is 6.67 Å². The molecule has 0 fully saturated rings. The first-order valence-electron chi connectivity index (χ1n) is 3.68. The second kappa shape index (κ2) is 4.69. The molecule has 116 valence electrons. The molecule has 0 rings (SSSR count). The van der Waals surface area contributed by atoms with Crippen molar-refractivity contribution in [2.45, 2.75) is 16.7 Å². The zero-order valence-corrected chi connectivity index (χ0v) is 9.81. The van der Waals surface area contributed by atoms with Crippen molar-refractivity contribution in [3.8, 4) is 0 Å². The first-order chi connectivity index (χ1) is 8.02. The number of alkyl halides is 8. The third kappa shape index (κ3) is 3.25. The molecule has 0 radical (unpaired) electrons. The third-order valence-corrected chi connectivity index (χ3v) is 4.79. The van der Waals surface area contributed by atoms with Crippen molar-refractivity contribution in [2.24, 2.45) is 0 Å². The van der Waals surface area contributed by atoms with E-state index in [4.69, 9.17) is 0 Å². The Morgan fingerprint density at radius 3 is 1.42 bits per heavy atom.